The average molecular weight is 210 g/mol. The topological polar surface area (TPSA) is 15.3 Å². The predicted molar refractivity (Wildman–Crippen MR) is 61.6 cm³/mol. The van der Waals surface area contributed by atoms with Crippen molar-refractivity contribution in [3.8, 4) is 0 Å². The summed E-state index contributed by atoms with van der Waals surface area (Å²) < 4.78 is 0. The van der Waals surface area contributed by atoms with Gasteiger partial charge < -0.3 is 5.32 Å². The summed E-state index contributed by atoms with van der Waals surface area (Å²) in [6.45, 7) is 8.16. The summed E-state index contributed by atoms with van der Waals surface area (Å²) >= 11 is 1.86. The van der Waals surface area contributed by atoms with Crippen LogP contribution in [0.15, 0.2) is 17.5 Å². The molecular formula is C11H18N2S. The third-order valence-electron chi connectivity index (χ3n) is 2.63. The summed E-state index contributed by atoms with van der Waals surface area (Å²) in [5, 5.41) is 5.63. The molecule has 0 radical (unpaired) electrons. The molecular weight excluding hydrogens is 192 g/mol. The molecule has 0 aliphatic carbocycles. The molecule has 1 aliphatic heterocycles. The van der Waals surface area contributed by atoms with Gasteiger partial charge in [-0.2, -0.15) is 0 Å². The van der Waals surface area contributed by atoms with E-state index in [0.29, 0.717) is 0 Å². The Hall–Kier alpha value is -0.380. The average Bonchev–Trinajstić information content (AvgIpc) is 2.56. The van der Waals surface area contributed by atoms with Crippen molar-refractivity contribution in [3.05, 3.63) is 22.4 Å². The smallest absolute Gasteiger partial charge is 0.0328 e. The second-order valence-corrected chi connectivity index (χ2v) is 5.16. The molecule has 1 aromatic rings. The minimum absolute atomic E-state index is 0.775. The van der Waals surface area contributed by atoms with Crippen LogP contribution in [0, 0.1) is 5.92 Å². The molecule has 78 valence electrons. The lowest BCUT2D eigenvalue weighted by molar-refractivity contribution is 0.259. The van der Waals surface area contributed by atoms with Crippen LogP contribution in [-0.2, 0) is 6.54 Å². The Kier molecular flexibility index (Phi) is 3.56. The van der Waals surface area contributed by atoms with E-state index in [1.54, 1.807) is 0 Å². The maximum Gasteiger partial charge on any atom is 0.0328 e. The lowest BCUT2D eigenvalue weighted by atomic mass is 10.2. The van der Waals surface area contributed by atoms with Crippen LogP contribution in [0.4, 0.5) is 0 Å². The number of nitrogens with zero attached hydrogens (tertiary/aromatic N) is 1. The van der Waals surface area contributed by atoms with Crippen LogP contribution in [0.5, 0.6) is 0 Å². The van der Waals surface area contributed by atoms with Gasteiger partial charge in [0, 0.05) is 31.1 Å². The monoisotopic (exact) mass is 210 g/mol. The highest BCUT2D eigenvalue weighted by Crippen LogP contribution is 2.13. The van der Waals surface area contributed by atoms with E-state index in [1.807, 2.05) is 11.3 Å². The van der Waals surface area contributed by atoms with Crippen molar-refractivity contribution in [2.75, 3.05) is 26.2 Å². The first kappa shape index (κ1) is 10.1. The molecule has 0 amide bonds. The van der Waals surface area contributed by atoms with Gasteiger partial charge in [-0.15, -0.1) is 11.3 Å². The number of hydrogen-bond acceptors (Lipinski definition) is 3. The summed E-state index contributed by atoms with van der Waals surface area (Å²) in [5.74, 6) is 0.775. The van der Waals surface area contributed by atoms with Crippen LogP contribution < -0.4 is 5.32 Å². The van der Waals surface area contributed by atoms with Crippen LogP contribution >= 0.6 is 11.3 Å². The van der Waals surface area contributed by atoms with Crippen molar-refractivity contribution < 1.29 is 0 Å². The zero-order chi connectivity index (χ0) is 9.80. The molecule has 1 N–H and O–H groups in total. The predicted octanol–water partition coefficient (Wildman–Crippen LogP) is 1.79. The van der Waals surface area contributed by atoms with E-state index < -0.39 is 0 Å². The fourth-order valence-electron chi connectivity index (χ4n) is 1.95. The molecule has 3 heteroatoms. The van der Waals surface area contributed by atoms with Gasteiger partial charge in [0.25, 0.3) is 0 Å². The van der Waals surface area contributed by atoms with Crippen LogP contribution in [-0.4, -0.2) is 31.1 Å². The molecule has 0 spiro atoms. The lowest BCUT2D eigenvalue weighted by Gasteiger charge is -2.20. The summed E-state index contributed by atoms with van der Waals surface area (Å²) in [6.07, 6.45) is 0. The fraction of sp³-hybridized carbons (Fsp3) is 0.636. The number of nitrogens with one attached hydrogen (secondary N) is 1. The van der Waals surface area contributed by atoms with Gasteiger partial charge in [0.1, 0.15) is 0 Å². The maximum atomic E-state index is 3.47. The van der Waals surface area contributed by atoms with Crippen LogP contribution in [0.1, 0.15) is 11.8 Å². The molecule has 2 rings (SSSR count). The van der Waals surface area contributed by atoms with Gasteiger partial charge in [0.15, 0.2) is 0 Å². The second-order valence-electron chi connectivity index (χ2n) is 4.12. The van der Waals surface area contributed by atoms with E-state index in [2.05, 4.69) is 34.7 Å². The molecule has 1 aromatic heterocycles. The normalized spacial score (nSPS) is 24.8. The van der Waals surface area contributed by atoms with E-state index in [0.717, 1.165) is 19.0 Å². The fourth-order valence-corrected chi connectivity index (χ4v) is 2.69. The first-order valence-corrected chi connectivity index (χ1v) is 6.18. The largest absolute Gasteiger partial charge is 0.315 e. The van der Waals surface area contributed by atoms with Gasteiger partial charge in [-0.1, -0.05) is 13.0 Å². The van der Waals surface area contributed by atoms with Crippen molar-refractivity contribution in [2.45, 2.75) is 13.5 Å². The van der Waals surface area contributed by atoms with Gasteiger partial charge in [0.2, 0.25) is 0 Å². The SMILES string of the molecule is CC1CNCCN(Cc2cccs2)C1. The minimum atomic E-state index is 0.775. The molecule has 1 unspecified atom stereocenters. The van der Waals surface area contributed by atoms with E-state index in [9.17, 15) is 0 Å². The molecule has 2 nitrogen and oxygen atoms in total. The van der Waals surface area contributed by atoms with E-state index in [4.69, 9.17) is 0 Å². The highest BCUT2D eigenvalue weighted by atomic mass is 32.1. The van der Waals surface area contributed by atoms with Crippen molar-refractivity contribution in [1.29, 1.82) is 0 Å². The van der Waals surface area contributed by atoms with Gasteiger partial charge in [-0.3, -0.25) is 4.90 Å². The second kappa shape index (κ2) is 4.91. The third kappa shape index (κ3) is 2.80. The third-order valence-corrected chi connectivity index (χ3v) is 3.49. The van der Waals surface area contributed by atoms with E-state index in [1.165, 1.54) is 24.5 Å². The van der Waals surface area contributed by atoms with Crippen molar-refractivity contribution in [2.24, 2.45) is 5.92 Å². The molecule has 0 saturated carbocycles. The Labute approximate surface area is 89.9 Å². The lowest BCUT2D eigenvalue weighted by Crippen LogP contribution is -2.28. The zero-order valence-corrected chi connectivity index (χ0v) is 9.52. The Balaban J connectivity index is 1.90. The van der Waals surface area contributed by atoms with Crippen molar-refractivity contribution in [3.63, 3.8) is 0 Å². The molecule has 1 aliphatic rings. The molecule has 0 aromatic carbocycles. The molecule has 1 atom stereocenters. The number of thiophene rings is 1. The van der Waals surface area contributed by atoms with E-state index in [-0.39, 0.29) is 0 Å². The Morgan fingerprint density at radius 3 is 3.36 bits per heavy atom. The molecule has 14 heavy (non-hydrogen) atoms. The molecule has 2 heterocycles. The molecule has 0 bridgehead atoms. The van der Waals surface area contributed by atoms with Gasteiger partial charge in [-0.25, -0.2) is 0 Å². The van der Waals surface area contributed by atoms with Gasteiger partial charge in [-0.05, 0) is 23.9 Å². The zero-order valence-electron chi connectivity index (χ0n) is 8.70. The van der Waals surface area contributed by atoms with Crippen molar-refractivity contribution >= 4 is 11.3 Å². The Bertz CT molecular complexity index is 258. The minimum Gasteiger partial charge on any atom is -0.315 e. The quantitative estimate of drug-likeness (QED) is 0.800. The Morgan fingerprint density at radius 1 is 1.64 bits per heavy atom. The van der Waals surface area contributed by atoms with Crippen LogP contribution in [0.2, 0.25) is 0 Å². The highest BCUT2D eigenvalue weighted by Gasteiger charge is 2.14. The standard InChI is InChI=1S/C11H18N2S/c1-10-7-12-4-5-13(8-10)9-11-3-2-6-14-11/h2-3,6,10,12H,4-5,7-9H2,1H3. The van der Waals surface area contributed by atoms with Crippen LogP contribution in [0.25, 0.3) is 0 Å². The number of rotatable bonds is 2. The summed E-state index contributed by atoms with van der Waals surface area (Å²) in [7, 11) is 0. The first-order valence-electron chi connectivity index (χ1n) is 5.30. The number of hydrogen-bond donors (Lipinski definition) is 1. The molecule has 1 saturated heterocycles. The summed E-state index contributed by atoms with van der Waals surface area (Å²) in [4.78, 5) is 4.04. The summed E-state index contributed by atoms with van der Waals surface area (Å²) in [5.41, 5.74) is 0. The van der Waals surface area contributed by atoms with E-state index >= 15 is 0 Å². The van der Waals surface area contributed by atoms with Crippen molar-refractivity contribution in [1.82, 2.24) is 10.2 Å². The summed E-state index contributed by atoms with van der Waals surface area (Å²) in [6, 6.07) is 4.37. The molecule has 1 fully saturated rings. The van der Waals surface area contributed by atoms with Gasteiger partial charge >= 0.3 is 0 Å². The van der Waals surface area contributed by atoms with Crippen LogP contribution in [0.3, 0.4) is 0 Å². The van der Waals surface area contributed by atoms with Gasteiger partial charge in [0.05, 0.1) is 0 Å². The maximum absolute atomic E-state index is 3.47. The first-order chi connectivity index (χ1) is 6.84. The Morgan fingerprint density at radius 2 is 2.57 bits per heavy atom. The highest BCUT2D eigenvalue weighted by molar-refractivity contribution is 7.09.